The molecule has 0 spiro atoms. The van der Waals surface area contributed by atoms with Crippen LogP contribution in [0.4, 0.5) is 5.69 Å². The van der Waals surface area contributed by atoms with Gasteiger partial charge in [0.05, 0.1) is 30.2 Å². The van der Waals surface area contributed by atoms with E-state index in [1.165, 1.54) is 0 Å². The predicted molar refractivity (Wildman–Crippen MR) is 52.5 cm³/mol. The topological polar surface area (TPSA) is 53.1 Å². The van der Waals surface area contributed by atoms with Crippen LogP contribution in [0.5, 0.6) is 0 Å². The number of methoxy groups -OCH3 is 1. The Bertz CT molecular complexity index is 266. The Morgan fingerprint density at radius 2 is 2.38 bits per heavy atom. The van der Waals surface area contributed by atoms with Crippen molar-refractivity contribution in [2.75, 3.05) is 12.8 Å². The third-order valence-corrected chi connectivity index (χ3v) is 2.31. The van der Waals surface area contributed by atoms with Crippen LogP contribution < -0.4 is 5.73 Å². The Hall–Kier alpha value is -1.03. The van der Waals surface area contributed by atoms with Gasteiger partial charge in [-0.05, 0) is 13.3 Å². The van der Waals surface area contributed by atoms with Crippen LogP contribution in [-0.4, -0.2) is 23.0 Å². The van der Waals surface area contributed by atoms with E-state index in [-0.39, 0.29) is 6.10 Å². The molecule has 0 bridgehead atoms. The van der Waals surface area contributed by atoms with Gasteiger partial charge in [-0.25, -0.2) is 0 Å². The number of nitrogens with zero attached hydrogens (tertiary/aromatic N) is 2. The molecule has 0 aliphatic heterocycles. The molecule has 13 heavy (non-hydrogen) atoms. The van der Waals surface area contributed by atoms with E-state index in [0.29, 0.717) is 0 Å². The number of ether oxygens (including phenoxy) is 1. The number of anilines is 1. The highest BCUT2D eigenvalue weighted by molar-refractivity contribution is 5.39. The average molecular weight is 183 g/mol. The Morgan fingerprint density at radius 1 is 1.69 bits per heavy atom. The zero-order valence-electron chi connectivity index (χ0n) is 8.45. The third-order valence-electron chi connectivity index (χ3n) is 2.31. The minimum atomic E-state index is 0.220. The number of aromatic nitrogens is 2. The molecule has 0 radical (unpaired) electrons. The summed E-state index contributed by atoms with van der Waals surface area (Å²) >= 11 is 0. The van der Waals surface area contributed by atoms with Gasteiger partial charge in [-0.3, -0.25) is 4.68 Å². The molecule has 74 valence electrons. The molecular weight excluding hydrogens is 166 g/mol. The number of nitrogen functional groups attached to an aromatic ring is 1. The Balaban J connectivity index is 2.67. The summed E-state index contributed by atoms with van der Waals surface area (Å²) in [6.07, 6.45) is 2.88. The largest absolute Gasteiger partial charge is 0.396 e. The van der Waals surface area contributed by atoms with Gasteiger partial charge in [0.25, 0.3) is 0 Å². The maximum absolute atomic E-state index is 5.68. The van der Waals surface area contributed by atoms with Crippen molar-refractivity contribution in [1.82, 2.24) is 9.78 Å². The van der Waals surface area contributed by atoms with Gasteiger partial charge in [-0.15, -0.1) is 0 Å². The van der Waals surface area contributed by atoms with Gasteiger partial charge in [0.1, 0.15) is 0 Å². The molecule has 1 aromatic heterocycles. The summed E-state index contributed by atoms with van der Waals surface area (Å²) in [5.41, 5.74) is 7.43. The third kappa shape index (κ3) is 2.21. The number of hydrogen-bond acceptors (Lipinski definition) is 3. The van der Waals surface area contributed by atoms with Crippen LogP contribution in [-0.2, 0) is 11.3 Å². The number of nitrogens with two attached hydrogens (primary N) is 1. The van der Waals surface area contributed by atoms with E-state index in [1.54, 1.807) is 13.3 Å². The molecule has 2 N–H and O–H groups in total. The van der Waals surface area contributed by atoms with Crippen LogP contribution >= 0.6 is 0 Å². The molecule has 1 heterocycles. The van der Waals surface area contributed by atoms with Gasteiger partial charge in [-0.2, -0.15) is 5.10 Å². The Morgan fingerprint density at radius 3 is 2.77 bits per heavy atom. The van der Waals surface area contributed by atoms with Crippen molar-refractivity contribution in [3.8, 4) is 0 Å². The molecule has 4 heteroatoms. The van der Waals surface area contributed by atoms with Crippen molar-refractivity contribution in [3.05, 3.63) is 11.9 Å². The van der Waals surface area contributed by atoms with E-state index < -0.39 is 0 Å². The fourth-order valence-corrected chi connectivity index (χ4v) is 1.21. The Kier molecular flexibility index (Phi) is 3.31. The standard InChI is InChI=1S/C9H17N3O/c1-4-8(13-3)6-12-7(2)9(10)5-11-12/h5,8H,4,6,10H2,1-3H3. The molecular formula is C9H17N3O. The van der Waals surface area contributed by atoms with Crippen molar-refractivity contribution in [1.29, 1.82) is 0 Å². The fourth-order valence-electron chi connectivity index (χ4n) is 1.21. The average Bonchev–Trinajstić information content (AvgIpc) is 2.45. The van der Waals surface area contributed by atoms with Gasteiger partial charge >= 0.3 is 0 Å². The molecule has 0 saturated heterocycles. The molecule has 1 rings (SSSR count). The van der Waals surface area contributed by atoms with E-state index in [1.807, 2.05) is 11.6 Å². The second-order valence-corrected chi connectivity index (χ2v) is 3.13. The van der Waals surface area contributed by atoms with Gasteiger partial charge in [0.2, 0.25) is 0 Å². The smallest absolute Gasteiger partial charge is 0.0764 e. The van der Waals surface area contributed by atoms with Crippen molar-refractivity contribution in [3.63, 3.8) is 0 Å². The summed E-state index contributed by atoms with van der Waals surface area (Å²) in [5, 5.41) is 4.16. The first-order valence-electron chi connectivity index (χ1n) is 4.49. The highest BCUT2D eigenvalue weighted by Crippen LogP contribution is 2.10. The molecule has 0 amide bonds. The summed E-state index contributed by atoms with van der Waals surface area (Å²) in [6, 6.07) is 0. The zero-order chi connectivity index (χ0) is 9.84. The van der Waals surface area contributed by atoms with Crippen LogP contribution in [0.2, 0.25) is 0 Å². The molecule has 0 aliphatic rings. The fraction of sp³-hybridized carbons (Fsp3) is 0.667. The van der Waals surface area contributed by atoms with E-state index in [4.69, 9.17) is 10.5 Å². The number of hydrogen-bond donors (Lipinski definition) is 1. The first kappa shape index (κ1) is 10.1. The van der Waals surface area contributed by atoms with Gasteiger partial charge in [0, 0.05) is 7.11 Å². The van der Waals surface area contributed by atoms with Crippen LogP contribution in [0.3, 0.4) is 0 Å². The molecule has 1 unspecified atom stereocenters. The summed E-state index contributed by atoms with van der Waals surface area (Å²) < 4.78 is 7.15. The lowest BCUT2D eigenvalue weighted by atomic mass is 10.3. The van der Waals surface area contributed by atoms with Crippen molar-refractivity contribution in [2.45, 2.75) is 32.9 Å². The SMILES string of the molecule is CCC(Cn1ncc(N)c1C)OC. The van der Waals surface area contributed by atoms with Gasteiger partial charge in [0.15, 0.2) is 0 Å². The van der Waals surface area contributed by atoms with Crippen molar-refractivity contribution >= 4 is 5.69 Å². The number of rotatable bonds is 4. The zero-order valence-corrected chi connectivity index (χ0v) is 8.45. The molecule has 1 aromatic rings. The Labute approximate surface area is 78.7 Å². The lowest BCUT2D eigenvalue weighted by Crippen LogP contribution is -2.19. The highest BCUT2D eigenvalue weighted by Gasteiger charge is 2.09. The lowest BCUT2D eigenvalue weighted by molar-refractivity contribution is 0.0810. The maximum Gasteiger partial charge on any atom is 0.0764 e. The van der Waals surface area contributed by atoms with Crippen LogP contribution in [0.1, 0.15) is 19.0 Å². The molecule has 4 nitrogen and oxygen atoms in total. The molecule has 0 aliphatic carbocycles. The van der Waals surface area contributed by atoms with Crippen LogP contribution in [0, 0.1) is 6.92 Å². The lowest BCUT2D eigenvalue weighted by Gasteiger charge is -2.13. The van der Waals surface area contributed by atoms with Crippen LogP contribution in [0.15, 0.2) is 6.20 Å². The first-order valence-corrected chi connectivity index (χ1v) is 4.49. The van der Waals surface area contributed by atoms with E-state index >= 15 is 0 Å². The minimum Gasteiger partial charge on any atom is -0.396 e. The normalized spacial score (nSPS) is 13.2. The monoisotopic (exact) mass is 183 g/mol. The second-order valence-electron chi connectivity index (χ2n) is 3.13. The molecule has 1 atom stereocenters. The maximum atomic E-state index is 5.68. The van der Waals surface area contributed by atoms with Crippen LogP contribution in [0.25, 0.3) is 0 Å². The van der Waals surface area contributed by atoms with Gasteiger partial charge < -0.3 is 10.5 Å². The molecule has 0 saturated carbocycles. The molecule has 0 fully saturated rings. The summed E-state index contributed by atoms with van der Waals surface area (Å²) in [4.78, 5) is 0. The van der Waals surface area contributed by atoms with Gasteiger partial charge in [-0.1, -0.05) is 6.92 Å². The van der Waals surface area contributed by atoms with Crippen molar-refractivity contribution in [2.24, 2.45) is 0 Å². The summed E-state index contributed by atoms with van der Waals surface area (Å²) in [7, 11) is 1.72. The van der Waals surface area contributed by atoms with E-state index in [2.05, 4.69) is 12.0 Å². The first-order chi connectivity index (χ1) is 6.19. The quantitative estimate of drug-likeness (QED) is 0.763. The van der Waals surface area contributed by atoms with E-state index in [0.717, 1.165) is 24.3 Å². The summed E-state index contributed by atoms with van der Waals surface area (Å²) in [6.45, 7) is 4.83. The predicted octanol–water partition coefficient (Wildman–Crippen LogP) is 1.20. The second kappa shape index (κ2) is 4.28. The minimum absolute atomic E-state index is 0.220. The highest BCUT2D eigenvalue weighted by atomic mass is 16.5. The van der Waals surface area contributed by atoms with Crippen molar-refractivity contribution < 1.29 is 4.74 Å². The molecule has 0 aromatic carbocycles. The summed E-state index contributed by atoms with van der Waals surface area (Å²) in [5.74, 6) is 0. The van der Waals surface area contributed by atoms with E-state index in [9.17, 15) is 0 Å².